The molecule has 112 valence electrons. The van der Waals surface area contributed by atoms with Crippen LogP contribution in [0.5, 0.6) is 5.75 Å². The third-order valence-electron chi connectivity index (χ3n) is 4.54. The summed E-state index contributed by atoms with van der Waals surface area (Å²) in [5, 5.41) is 0. The van der Waals surface area contributed by atoms with Crippen LogP contribution < -0.4 is 4.74 Å². The van der Waals surface area contributed by atoms with Crippen LogP contribution in [0, 0.1) is 6.92 Å². The number of benzene rings is 1. The minimum atomic E-state index is -0.499. The molecule has 0 bridgehead atoms. The van der Waals surface area contributed by atoms with E-state index in [4.69, 9.17) is 14.2 Å². The Bertz CT molecular complexity index is 603. The number of carbonyl (C=O) groups is 1. The van der Waals surface area contributed by atoms with E-state index in [1.54, 1.807) is 14.2 Å². The fraction of sp³-hybridized carbons (Fsp3) is 0.471. The van der Waals surface area contributed by atoms with Crippen LogP contribution in [0.4, 0.5) is 0 Å². The van der Waals surface area contributed by atoms with Gasteiger partial charge in [0, 0.05) is 18.3 Å². The highest BCUT2D eigenvalue weighted by Gasteiger charge is 2.38. The zero-order valence-corrected chi connectivity index (χ0v) is 12.6. The molecule has 0 N–H and O–H groups in total. The van der Waals surface area contributed by atoms with E-state index in [0.717, 1.165) is 36.2 Å². The number of methoxy groups -OCH3 is 2. The first-order valence-corrected chi connectivity index (χ1v) is 7.25. The zero-order chi connectivity index (χ0) is 15.0. The third-order valence-corrected chi connectivity index (χ3v) is 4.54. The molecule has 4 nitrogen and oxygen atoms in total. The first kappa shape index (κ1) is 14.1. The van der Waals surface area contributed by atoms with E-state index in [0.29, 0.717) is 5.92 Å². The van der Waals surface area contributed by atoms with E-state index >= 15 is 0 Å². The van der Waals surface area contributed by atoms with Gasteiger partial charge < -0.3 is 14.2 Å². The van der Waals surface area contributed by atoms with Crippen molar-refractivity contribution >= 4 is 5.97 Å². The molecule has 1 heterocycles. The van der Waals surface area contributed by atoms with Crippen LogP contribution in [0.25, 0.3) is 0 Å². The van der Waals surface area contributed by atoms with Crippen molar-refractivity contribution in [2.75, 3.05) is 14.2 Å². The molecule has 1 aliphatic carbocycles. The van der Waals surface area contributed by atoms with Crippen LogP contribution >= 0.6 is 0 Å². The van der Waals surface area contributed by atoms with Gasteiger partial charge in [0.2, 0.25) is 6.29 Å². The minimum Gasteiger partial charge on any atom is -0.496 e. The zero-order valence-electron chi connectivity index (χ0n) is 12.6. The van der Waals surface area contributed by atoms with E-state index < -0.39 is 6.29 Å². The summed E-state index contributed by atoms with van der Waals surface area (Å²) in [7, 11) is 3.27. The molecular weight excluding hydrogens is 268 g/mol. The van der Waals surface area contributed by atoms with Crippen molar-refractivity contribution in [1.82, 2.24) is 0 Å². The largest absolute Gasteiger partial charge is 0.496 e. The Morgan fingerprint density at radius 3 is 2.81 bits per heavy atom. The number of ether oxygens (including phenoxy) is 3. The molecule has 1 aromatic rings. The van der Waals surface area contributed by atoms with Crippen LogP contribution in [0.3, 0.4) is 0 Å². The Kier molecular flexibility index (Phi) is 3.72. The lowest BCUT2D eigenvalue weighted by Gasteiger charge is -2.26. The topological polar surface area (TPSA) is 44.8 Å². The summed E-state index contributed by atoms with van der Waals surface area (Å²) in [6.07, 6.45) is 2.03. The van der Waals surface area contributed by atoms with Crippen molar-refractivity contribution < 1.29 is 19.0 Å². The quantitative estimate of drug-likeness (QED) is 0.802. The van der Waals surface area contributed by atoms with Crippen molar-refractivity contribution in [3.63, 3.8) is 0 Å². The molecule has 2 unspecified atom stereocenters. The first-order chi connectivity index (χ1) is 10.2. The summed E-state index contributed by atoms with van der Waals surface area (Å²) in [5.41, 5.74) is 4.29. The van der Waals surface area contributed by atoms with E-state index in [1.165, 1.54) is 11.1 Å². The standard InChI is InChI=1S/C17H20O4/c1-10-12(5-4-6-15(10)19-2)11-7-8-13-14(9-11)17(20-3)21-16(13)18/h4-6,11,17H,7-9H2,1-3H3. The molecule has 0 saturated heterocycles. The SMILES string of the molecule is COc1cccc(C2CCC3=C(C2)C(OC)OC3=O)c1C. The summed E-state index contributed by atoms with van der Waals surface area (Å²) in [6, 6.07) is 6.15. The molecule has 2 atom stereocenters. The maximum atomic E-state index is 11.8. The van der Waals surface area contributed by atoms with Crippen molar-refractivity contribution in [1.29, 1.82) is 0 Å². The highest BCUT2D eigenvalue weighted by atomic mass is 16.7. The summed E-state index contributed by atoms with van der Waals surface area (Å²) in [5.74, 6) is 1.08. The summed E-state index contributed by atoms with van der Waals surface area (Å²) < 4.78 is 15.9. The maximum absolute atomic E-state index is 11.8. The molecule has 0 saturated carbocycles. The lowest BCUT2D eigenvalue weighted by Crippen LogP contribution is -2.17. The second-order valence-electron chi connectivity index (χ2n) is 5.59. The van der Waals surface area contributed by atoms with Gasteiger partial charge in [-0.15, -0.1) is 0 Å². The van der Waals surface area contributed by atoms with Crippen LogP contribution in [-0.2, 0) is 14.3 Å². The molecule has 1 aliphatic heterocycles. The summed E-state index contributed by atoms with van der Waals surface area (Å²) >= 11 is 0. The highest BCUT2D eigenvalue weighted by Crippen LogP contribution is 2.43. The normalized spacial score (nSPS) is 24.8. The van der Waals surface area contributed by atoms with Crippen LogP contribution in [0.1, 0.15) is 36.3 Å². The van der Waals surface area contributed by atoms with Gasteiger partial charge >= 0.3 is 5.97 Å². The predicted octanol–water partition coefficient (Wildman–Crippen LogP) is 3.10. The van der Waals surface area contributed by atoms with Gasteiger partial charge in [0.1, 0.15) is 5.75 Å². The number of esters is 1. The third kappa shape index (κ3) is 2.33. The van der Waals surface area contributed by atoms with Gasteiger partial charge in [-0.3, -0.25) is 0 Å². The van der Waals surface area contributed by atoms with Gasteiger partial charge in [0.15, 0.2) is 0 Å². The van der Waals surface area contributed by atoms with Gasteiger partial charge in [-0.1, -0.05) is 12.1 Å². The Morgan fingerprint density at radius 1 is 1.29 bits per heavy atom. The highest BCUT2D eigenvalue weighted by molar-refractivity contribution is 5.92. The monoisotopic (exact) mass is 288 g/mol. The Labute approximate surface area is 124 Å². The number of cyclic esters (lactones) is 1. The Balaban J connectivity index is 1.91. The van der Waals surface area contributed by atoms with E-state index in [1.807, 2.05) is 12.1 Å². The Hall–Kier alpha value is -1.81. The Morgan fingerprint density at radius 2 is 2.10 bits per heavy atom. The molecule has 0 aromatic heterocycles. The van der Waals surface area contributed by atoms with Crippen molar-refractivity contribution in [2.24, 2.45) is 0 Å². The molecule has 1 aromatic carbocycles. The second-order valence-corrected chi connectivity index (χ2v) is 5.59. The molecule has 0 amide bonds. The van der Waals surface area contributed by atoms with Gasteiger partial charge in [0.05, 0.1) is 7.11 Å². The average molecular weight is 288 g/mol. The maximum Gasteiger partial charge on any atom is 0.336 e. The fourth-order valence-corrected chi connectivity index (χ4v) is 3.43. The predicted molar refractivity (Wildman–Crippen MR) is 78.2 cm³/mol. The fourth-order valence-electron chi connectivity index (χ4n) is 3.43. The molecule has 2 aliphatic rings. The number of rotatable bonds is 3. The van der Waals surface area contributed by atoms with Crippen LogP contribution in [0.15, 0.2) is 29.3 Å². The molecule has 0 spiro atoms. The van der Waals surface area contributed by atoms with Gasteiger partial charge in [0.25, 0.3) is 0 Å². The summed E-state index contributed by atoms with van der Waals surface area (Å²) in [4.78, 5) is 11.8. The van der Waals surface area contributed by atoms with Crippen molar-refractivity contribution in [2.45, 2.75) is 38.4 Å². The molecule has 3 rings (SSSR count). The first-order valence-electron chi connectivity index (χ1n) is 7.25. The van der Waals surface area contributed by atoms with E-state index in [9.17, 15) is 4.79 Å². The smallest absolute Gasteiger partial charge is 0.336 e. The van der Waals surface area contributed by atoms with Crippen molar-refractivity contribution in [3.05, 3.63) is 40.5 Å². The minimum absolute atomic E-state index is 0.210. The van der Waals surface area contributed by atoms with Crippen LogP contribution in [0.2, 0.25) is 0 Å². The van der Waals surface area contributed by atoms with Gasteiger partial charge in [-0.05, 0) is 49.3 Å². The molecule has 4 heteroatoms. The molecule has 0 radical (unpaired) electrons. The molecule has 21 heavy (non-hydrogen) atoms. The van der Waals surface area contributed by atoms with Gasteiger partial charge in [-0.2, -0.15) is 0 Å². The lowest BCUT2D eigenvalue weighted by atomic mass is 9.79. The number of hydrogen-bond donors (Lipinski definition) is 0. The number of carbonyl (C=O) groups excluding carboxylic acids is 1. The van der Waals surface area contributed by atoms with E-state index in [2.05, 4.69) is 13.0 Å². The van der Waals surface area contributed by atoms with Gasteiger partial charge in [-0.25, -0.2) is 4.79 Å². The number of hydrogen-bond acceptors (Lipinski definition) is 4. The van der Waals surface area contributed by atoms with E-state index in [-0.39, 0.29) is 5.97 Å². The molecular formula is C17H20O4. The average Bonchev–Trinajstić information content (AvgIpc) is 2.83. The van der Waals surface area contributed by atoms with Crippen LogP contribution in [-0.4, -0.2) is 26.5 Å². The lowest BCUT2D eigenvalue weighted by molar-refractivity contribution is -0.156. The molecule has 0 fully saturated rings. The summed E-state index contributed by atoms with van der Waals surface area (Å²) in [6.45, 7) is 2.09. The second kappa shape index (κ2) is 5.53. The van der Waals surface area contributed by atoms with Crippen molar-refractivity contribution in [3.8, 4) is 5.75 Å².